The Bertz CT molecular complexity index is 419. The van der Waals surface area contributed by atoms with Crippen molar-refractivity contribution in [3.63, 3.8) is 0 Å². The Kier molecular flexibility index (Phi) is 3.06. The molecule has 16 heavy (non-hydrogen) atoms. The lowest BCUT2D eigenvalue weighted by molar-refractivity contribution is -0.138. The van der Waals surface area contributed by atoms with E-state index in [-0.39, 0.29) is 11.8 Å². The lowest BCUT2D eigenvalue weighted by Crippen LogP contribution is -2.09. The highest BCUT2D eigenvalue weighted by Crippen LogP contribution is 2.38. The van der Waals surface area contributed by atoms with Gasteiger partial charge < -0.3 is 10.4 Å². The van der Waals surface area contributed by atoms with Crippen LogP contribution in [0.1, 0.15) is 12.0 Å². The van der Waals surface area contributed by atoms with E-state index in [1.807, 2.05) is 25.1 Å². The molecule has 0 radical (unpaired) electrons. The molecule has 1 aliphatic rings. The van der Waals surface area contributed by atoms with Gasteiger partial charge in [0.05, 0.1) is 5.92 Å². The zero-order valence-corrected chi connectivity index (χ0v) is 9.79. The first-order valence-corrected chi connectivity index (χ1v) is 5.68. The zero-order chi connectivity index (χ0) is 11.7. The summed E-state index contributed by atoms with van der Waals surface area (Å²) < 4.78 is 0. The third-order valence-electron chi connectivity index (χ3n) is 2.98. The second kappa shape index (κ2) is 4.34. The Morgan fingerprint density at radius 1 is 1.62 bits per heavy atom. The predicted molar refractivity (Wildman–Crippen MR) is 63.9 cm³/mol. The number of carboxylic acids is 1. The van der Waals surface area contributed by atoms with Crippen LogP contribution in [-0.4, -0.2) is 17.6 Å². The molecule has 1 aliphatic carbocycles. The Morgan fingerprint density at radius 3 is 2.94 bits per heavy atom. The minimum absolute atomic E-state index is 0.153. The highest BCUT2D eigenvalue weighted by Gasteiger charge is 2.42. The van der Waals surface area contributed by atoms with E-state index in [1.54, 1.807) is 0 Å². The third-order valence-corrected chi connectivity index (χ3v) is 3.22. The molecule has 1 aromatic rings. The molecule has 2 atom stereocenters. The summed E-state index contributed by atoms with van der Waals surface area (Å²) in [5, 5.41) is 12.8. The van der Waals surface area contributed by atoms with E-state index in [0.717, 1.165) is 29.2 Å². The van der Waals surface area contributed by atoms with Crippen LogP contribution in [0.2, 0.25) is 5.02 Å². The molecular formula is C12H14ClNO2. The van der Waals surface area contributed by atoms with Gasteiger partial charge in [-0.1, -0.05) is 11.6 Å². The number of hydrogen-bond acceptors (Lipinski definition) is 2. The highest BCUT2D eigenvalue weighted by molar-refractivity contribution is 6.30. The van der Waals surface area contributed by atoms with Crippen molar-refractivity contribution >= 4 is 23.3 Å². The Labute approximate surface area is 99.4 Å². The number of anilines is 1. The van der Waals surface area contributed by atoms with E-state index in [9.17, 15) is 4.79 Å². The van der Waals surface area contributed by atoms with Crippen LogP contribution in [0.15, 0.2) is 18.2 Å². The van der Waals surface area contributed by atoms with Gasteiger partial charge >= 0.3 is 5.97 Å². The fraction of sp³-hybridized carbons (Fsp3) is 0.417. The van der Waals surface area contributed by atoms with Crippen LogP contribution >= 0.6 is 11.6 Å². The molecule has 0 bridgehead atoms. The number of aliphatic carboxylic acids is 1. The van der Waals surface area contributed by atoms with Crippen LogP contribution in [0.5, 0.6) is 0 Å². The summed E-state index contributed by atoms with van der Waals surface area (Å²) >= 11 is 5.85. The summed E-state index contributed by atoms with van der Waals surface area (Å²) in [6.45, 7) is 2.70. The Balaban J connectivity index is 1.89. The maximum absolute atomic E-state index is 10.6. The van der Waals surface area contributed by atoms with Gasteiger partial charge in [0.1, 0.15) is 0 Å². The van der Waals surface area contributed by atoms with E-state index in [4.69, 9.17) is 16.7 Å². The van der Waals surface area contributed by atoms with Gasteiger partial charge in [-0.2, -0.15) is 0 Å². The second-order valence-corrected chi connectivity index (χ2v) is 4.72. The molecule has 0 aromatic heterocycles. The first-order chi connectivity index (χ1) is 7.58. The van der Waals surface area contributed by atoms with Crippen LogP contribution < -0.4 is 5.32 Å². The van der Waals surface area contributed by atoms with Crippen molar-refractivity contribution < 1.29 is 9.90 Å². The van der Waals surface area contributed by atoms with Crippen LogP contribution in [0.25, 0.3) is 0 Å². The number of carbonyl (C=O) groups is 1. The van der Waals surface area contributed by atoms with Crippen LogP contribution in [-0.2, 0) is 4.79 Å². The minimum Gasteiger partial charge on any atom is -0.481 e. The molecule has 0 heterocycles. The average molecular weight is 240 g/mol. The first kappa shape index (κ1) is 11.3. The number of benzene rings is 1. The molecule has 0 aliphatic heterocycles. The van der Waals surface area contributed by atoms with E-state index < -0.39 is 5.97 Å². The maximum Gasteiger partial charge on any atom is 0.306 e. The molecule has 0 amide bonds. The molecule has 0 saturated heterocycles. The molecule has 2 unspecified atom stereocenters. The summed E-state index contributed by atoms with van der Waals surface area (Å²) in [7, 11) is 0. The van der Waals surface area contributed by atoms with Gasteiger partial charge in [0.15, 0.2) is 0 Å². The van der Waals surface area contributed by atoms with Crippen molar-refractivity contribution in [3.05, 3.63) is 28.8 Å². The van der Waals surface area contributed by atoms with Gasteiger partial charge in [-0.05, 0) is 43.0 Å². The molecule has 1 fully saturated rings. The number of halogens is 1. The molecular weight excluding hydrogens is 226 g/mol. The van der Waals surface area contributed by atoms with E-state index in [0.29, 0.717) is 0 Å². The topological polar surface area (TPSA) is 49.3 Å². The maximum atomic E-state index is 10.6. The molecule has 86 valence electrons. The normalized spacial score (nSPS) is 22.9. The first-order valence-electron chi connectivity index (χ1n) is 5.31. The van der Waals surface area contributed by atoms with Gasteiger partial charge in [0, 0.05) is 17.3 Å². The van der Waals surface area contributed by atoms with Crippen LogP contribution in [0.3, 0.4) is 0 Å². The zero-order valence-electron chi connectivity index (χ0n) is 9.03. The summed E-state index contributed by atoms with van der Waals surface area (Å²) in [5.41, 5.74) is 2.11. The van der Waals surface area contributed by atoms with Gasteiger partial charge in [-0.3, -0.25) is 4.79 Å². The molecule has 1 aromatic carbocycles. The number of aryl methyl sites for hydroxylation is 1. The second-order valence-electron chi connectivity index (χ2n) is 4.28. The molecule has 1 saturated carbocycles. The van der Waals surface area contributed by atoms with Gasteiger partial charge in [0.25, 0.3) is 0 Å². The number of hydrogen-bond donors (Lipinski definition) is 2. The molecule has 0 spiro atoms. The largest absolute Gasteiger partial charge is 0.481 e. The number of rotatable bonds is 4. The molecule has 2 N–H and O–H groups in total. The van der Waals surface area contributed by atoms with E-state index >= 15 is 0 Å². The van der Waals surface area contributed by atoms with Gasteiger partial charge in [-0.25, -0.2) is 0 Å². The molecule has 2 rings (SSSR count). The fourth-order valence-electron chi connectivity index (χ4n) is 1.84. The monoisotopic (exact) mass is 239 g/mol. The predicted octanol–water partition coefficient (Wildman–Crippen LogP) is 2.78. The SMILES string of the molecule is Cc1cc(Cl)ccc1NCC1CC1C(=O)O. The van der Waals surface area contributed by atoms with Gasteiger partial charge in [0.2, 0.25) is 0 Å². The summed E-state index contributed by atoms with van der Waals surface area (Å²) in [4.78, 5) is 10.6. The summed E-state index contributed by atoms with van der Waals surface area (Å²) in [6.07, 6.45) is 0.787. The quantitative estimate of drug-likeness (QED) is 0.850. The fourth-order valence-corrected chi connectivity index (χ4v) is 2.07. The minimum atomic E-state index is -0.681. The van der Waals surface area contributed by atoms with Crippen molar-refractivity contribution in [2.75, 3.05) is 11.9 Å². The van der Waals surface area contributed by atoms with Crippen LogP contribution in [0, 0.1) is 18.8 Å². The van der Waals surface area contributed by atoms with Crippen molar-refractivity contribution in [3.8, 4) is 0 Å². The average Bonchev–Trinajstić information content (AvgIpc) is 2.96. The third kappa shape index (κ3) is 2.47. The summed E-state index contributed by atoms with van der Waals surface area (Å²) in [6, 6.07) is 5.65. The van der Waals surface area contributed by atoms with Crippen molar-refractivity contribution in [1.82, 2.24) is 0 Å². The lowest BCUT2D eigenvalue weighted by Gasteiger charge is -2.09. The number of nitrogens with one attached hydrogen (secondary N) is 1. The van der Waals surface area contributed by atoms with Gasteiger partial charge in [-0.15, -0.1) is 0 Å². The van der Waals surface area contributed by atoms with Crippen molar-refractivity contribution in [2.45, 2.75) is 13.3 Å². The standard InChI is InChI=1S/C12H14ClNO2/c1-7-4-9(13)2-3-11(7)14-6-8-5-10(8)12(15)16/h2-4,8,10,14H,5-6H2,1H3,(H,15,16). The van der Waals surface area contributed by atoms with Crippen LogP contribution in [0.4, 0.5) is 5.69 Å². The Hall–Kier alpha value is -1.22. The molecule has 4 heteroatoms. The van der Waals surface area contributed by atoms with Crippen molar-refractivity contribution in [2.24, 2.45) is 11.8 Å². The highest BCUT2D eigenvalue weighted by atomic mass is 35.5. The van der Waals surface area contributed by atoms with E-state index in [1.165, 1.54) is 0 Å². The van der Waals surface area contributed by atoms with E-state index in [2.05, 4.69) is 5.32 Å². The molecule has 3 nitrogen and oxygen atoms in total. The summed E-state index contributed by atoms with van der Waals surface area (Å²) in [5.74, 6) is -0.563. The van der Waals surface area contributed by atoms with Crippen molar-refractivity contribution in [1.29, 1.82) is 0 Å². The number of carboxylic acid groups (broad SMARTS) is 1. The lowest BCUT2D eigenvalue weighted by atomic mass is 10.2. The smallest absolute Gasteiger partial charge is 0.306 e. The Morgan fingerprint density at radius 2 is 2.38 bits per heavy atom.